The zero-order chi connectivity index (χ0) is 18.1. The maximum atomic E-state index is 12.5. The Morgan fingerprint density at radius 3 is 2.12 bits per heavy atom. The van der Waals surface area contributed by atoms with Gasteiger partial charge >= 0.3 is 18.3 Å². The Morgan fingerprint density at radius 1 is 1.04 bits per heavy atom. The zero-order valence-corrected chi connectivity index (χ0v) is 12.0. The molecule has 2 amide bonds. The third kappa shape index (κ3) is 3.98. The van der Waals surface area contributed by atoms with Gasteiger partial charge in [0.15, 0.2) is 0 Å². The summed E-state index contributed by atoms with van der Waals surface area (Å²) in [6, 6.07) is 2.16. The molecule has 0 aromatic heterocycles. The van der Waals surface area contributed by atoms with Gasteiger partial charge in [-0.05, 0) is 37.1 Å². The average Bonchev–Trinajstić information content (AvgIpc) is 2.94. The summed E-state index contributed by atoms with van der Waals surface area (Å²) in [5.41, 5.74) is -0.922. The molecule has 1 aliphatic rings. The van der Waals surface area contributed by atoms with E-state index in [0.29, 0.717) is 4.90 Å². The van der Waals surface area contributed by atoms with Crippen molar-refractivity contribution in [3.05, 3.63) is 29.8 Å². The van der Waals surface area contributed by atoms with Crippen molar-refractivity contribution in [2.45, 2.75) is 31.2 Å². The average molecular weight is 354 g/mol. The Kier molecular flexibility index (Phi) is 4.77. The van der Waals surface area contributed by atoms with Crippen LogP contribution in [0.3, 0.4) is 0 Å². The van der Waals surface area contributed by atoms with Gasteiger partial charge in [-0.15, -0.1) is 0 Å². The van der Waals surface area contributed by atoms with E-state index in [4.69, 9.17) is 0 Å². The lowest BCUT2D eigenvalue weighted by Crippen LogP contribution is -2.48. The first kappa shape index (κ1) is 18.1. The summed E-state index contributed by atoms with van der Waals surface area (Å²) in [5.74, 6) is -2.97. The van der Waals surface area contributed by atoms with Crippen molar-refractivity contribution in [3.63, 3.8) is 0 Å². The zero-order valence-electron chi connectivity index (χ0n) is 12.0. The van der Waals surface area contributed by atoms with Gasteiger partial charge in [0.25, 0.3) is 0 Å². The summed E-state index contributed by atoms with van der Waals surface area (Å²) < 4.78 is 74.8. The molecule has 0 saturated carbocycles. The molecular weight excluding hydrogens is 342 g/mol. The van der Waals surface area contributed by atoms with Crippen LogP contribution >= 0.6 is 0 Å². The number of amides is 2. The largest absolute Gasteiger partial charge is 0.471 e. The minimum atomic E-state index is -5.09. The van der Waals surface area contributed by atoms with Gasteiger partial charge in [0, 0.05) is 12.2 Å². The minimum absolute atomic E-state index is 0.000641. The first-order valence-corrected chi connectivity index (χ1v) is 6.86. The van der Waals surface area contributed by atoms with Gasteiger partial charge in [0.05, 0.1) is 5.56 Å². The van der Waals surface area contributed by atoms with Crippen LogP contribution in [-0.4, -0.2) is 35.5 Å². The highest BCUT2D eigenvalue weighted by molar-refractivity contribution is 5.98. The molecule has 132 valence electrons. The van der Waals surface area contributed by atoms with Crippen LogP contribution in [0.15, 0.2) is 24.3 Å². The number of hydrogen-bond donors (Lipinski definition) is 1. The Bertz CT molecular complexity index is 624. The predicted octanol–water partition coefficient (Wildman–Crippen LogP) is 3.20. The summed E-state index contributed by atoms with van der Waals surface area (Å²) in [5, 5.41) is 2.23. The van der Waals surface area contributed by atoms with E-state index in [-0.39, 0.29) is 25.1 Å². The van der Waals surface area contributed by atoms with E-state index in [1.165, 1.54) is 0 Å². The fourth-order valence-electron chi connectivity index (χ4n) is 2.41. The monoisotopic (exact) mass is 354 g/mol. The molecule has 1 aliphatic heterocycles. The Balaban J connectivity index is 2.07. The molecular formula is C14H12F6N2O2. The predicted molar refractivity (Wildman–Crippen MR) is 70.9 cm³/mol. The van der Waals surface area contributed by atoms with E-state index >= 15 is 0 Å². The van der Waals surface area contributed by atoms with Gasteiger partial charge in [-0.25, -0.2) is 0 Å². The molecule has 1 unspecified atom stereocenters. The van der Waals surface area contributed by atoms with Crippen molar-refractivity contribution in [1.82, 2.24) is 4.90 Å². The Morgan fingerprint density at radius 2 is 1.62 bits per heavy atom. The van der Waals surface area contributed by atoms with Crippen LogP contribution in [0, 0.1) is 0 Å². The molecule has 10 heteroatoms. The van der Waals surface area contributed by atoms with Crippen molar-refractivity contribution < 1.29 is 35.9 Å². The fraction of sp³-hybridized carbons (Fsp3) is 0.429. The van der Waals surface area contributed by atoms with E-state index in [0.717, 1.165) is 24.3 Å². The Labute approximate surface area is 132 Å². The topological polar surface area (TPSA) is 49.4 Å². The van der Waals surface area contributed by atoms with Gasteiger partial charge < -0.3 is 10.2 Å². The number of halogens is 6. The van der Waals surface area contributed by atoms with Crippen molar-refractivity contribution in [3.8, 4) is 0 Å². The lowest BCUT2D eigenvalue weighted by Gasteiger charge is -2.24. The number of benzene rings is 1. The molecule has 0 bridgehead atoms. The molecule has 1 fully saturated rings. The highest BCUT2D eigenvalue weighted by atomic mass is 19.4. The fourth-order valence-corrected chi connectivity index (χ4v) is 2.41. The summed E-state index contributed by atoms with van der Waals surface area (Å²) in [7, 11) is 0. The molecule has 0 radical (unpaired) electrons. The summed E-state index contributed by atoms with van der Waals surface area (Å²) in [6.07, 6.45) is -9.34. The lowest BCUT2D eigenvalue weighted by atomic mass is 10.1. The third-order valence-electron chi connectivity index (χ3n) is 3.54. The maximum Gasteiger partial charge on any atom is 0.471 e. The standard InChI is InChI=1S/C14H12F6N2O2/c15-13(16,17)8-3-5-9(6-4-8)21-11(23)10-2-1-7-22(10)12(24)14(18,19)20/h3-6,10H,1-2,7H2,(H,21,23). The molecule has 2 rings (SSSR count). The van der Waals surface area contributed by atoms with Crippen LogP contribution in [0.5, 0.6) is 0 Å². The molecule has 4 nitrogen and oxygen atoms in total. The number of hydrogen-bond acceptors (Lipinski definition) is 2. The molecule has 1 heterocycles. The van der Waals surface area contributed by atoms with E-state index in [2.05, 4.69) is 5.32 Å². The number of carbonyl (C=O) groups is 2. The molecule has 1 N–H and O–H groups in total. The smallest absolute Gasteiger partial charge is 0.324 e. The van der Waals surface area contributed by atoms with Crippen molar-refractivity contribution in [2.75, 3.05) is 11.9 Å². The number of likely N-dealkylation sites (tertiary alicyclic amines) is 1. The minimum Gasteiger partial charge on any atom is -0.324 e. The molecule has 24 heavy (non-hydrogen) atoms. The molecule has 1 saturated heterocycles. The van der Waals surface area contributed by atoms with Gasteiger partial charge in [0.1, 0.15) is 6.04 Å². The normalized spacial score (nSPS) is 18.6. The summed E-state index contributed by atoms with van der Waals surface area (Å²) in [6.45, 7) is -0.205. The number of alkyl halides is 6. The maximum absolute atomic E-state index is 12.5. The van der Waals surface area contributed by atoms with Gasteiger partial charge in [-0.3, -0.25) is 9.59 Å². The first-order chi connectivity index (χ1) is 11.0. The molecule has 0 aliphatic carbocycles. The van der Waals surface area contributed by atoms with Gasteiger partial charge in [-0.2, -0.15) is 26.3 Å². The molecule has 1 atom stereocenters. The van der Waals surface area contributed by atoms with Crippen LogP contribution in [-0.2, 0) is 15.8 Å². The highest BCUT2D eigenvalue weighted by Crippen LogP contribution is 2.30. The molecule has 1 aromatic rings. The van der Waals surface area contributed by atoms with E-state index < -0.39 is 35.8 Å². The van der Waals surface area contributed by atoms with Crippen LogP contribution in [0.2, 0.25) is 0 Å². The number of carbonyl (C=O) groups excluding carboxylic acids is 2. The molecule has 1 aromatic carbocycles. The second-order valence-corrected chi connectivity index (χ2v) is 5.22. The van der Waals surface area contributed by atoms with Crippen LogP contribution < -0.4 is 5.32 Å². The first-order valence-electron chi connectivity index (χ1n) is 6.86. The summed E-state index contributed by atoms with van der Waals surface area (Å²) >= 11 is 0. The van der Waals surface area contributed by atoms with E-state index in [9.17, 15) is 35.9 Å². The second-order valence-electron chi connectivity index (χ2n) is 5.22. The van der Waals surface area contributed by atoms with Crippen molar-refractivity contribution in [2.24, 2.45) is 0 Å². The third-order valence-corrected chi connectivity index (χ3v) is 3.54. The van der Waals surface area contributed by atoms with Gasteiger partial charge in [-0.1, -0.05) is 0 Å². The van der Waals surface area contributed by atoms with E-state index in [1.807, 2.05) is 0 Å². The van der Waals surface area contributed by atoms with Crippen LogP contribution in [0.1, 0.15) is 18.4 Å². The van der Waals surface area contributed by atoms with E-state index in [1.54, 1.807) is 0 Å². The second kappa shape index (κ2) is 6.33. The molecule has 0 spiro atoms. The van der Waals surface area contributed by atoms with Gasteiger partial charge in [0.2, 0.25) is 5.91 Å². The van der Waals surface area contributed by atoms with Crippen LogP contribution in [0.25, 0.3) is 0 Å². The van der Waals surface area contributed by atoms with Crippen molar-refractivity contribution >= 4 is 17.5 Å². The number of nitrogens with one attached hydrogen (secondary N) is 1. The highest BCUT2D eigenvalue weighted by Gasteiger charge is 2.47. The summed E-state index contributed by atoms with van der Waals surface area (Å²) in [4.78, 5) is 23.8. The SMILES string of the molecule is O=C(Nc1ccc(C(F)(F)F)cc1)C1CCCN1C(=O)C(F)(F)F. The quantitative estimate of drug-likeness (QED) is 0.830. The number of anilines is 1. The number of rotatable bonds is 2. The number of nitrogens with zero attached hydrogens (tertiary/aromatic N) is 1. The lowest BCUT2D eigenvalue weighted by molar-refractivity contribution is -0.186. The Hall–Kier alpha value is -2.26. The van der Waals surface area contributed by atoms with Crippen molar-refractivity contribution in [1.29, 1.82) is 0 Å². The van der Waals surface area contributed by atoms with Crippen LogP contribution in [0.4, 0.5) is 32.0 Å².